The van der Waals surface area contributed by atoms with Gasteiger partial charge in [-0.15, -0.1) is 0 Å². The molecule has 0 aliphatic heterocycles. The van der Waals surface area contributed by atoms with Crippen molar-refractivity contribution in [2.45, 2.75) is 20.5 Å². The number of phenols is 1. The van der Waals surface area contributed by atoms with Crippen LogP contribution in [0.15, 0.2) is 42.5 Å². The van der Waals surface area contributed by atoms with Crippen LogP contribution in [0.2, 0.25) is 0 Å². The first-order valence-electron chi connectivity index (χ1n) is 5.64. The zero-order chi connectivity index (χ0) is 12.3. The molecule has 0 aliphatic rings. The number of benzene rings is 2. The van der Waals surface area contributed by atoms with Crippen molar-refractivity contribution in [2.24, 2.45) is 0 Å². The van der Waals surface area contributed by atoms with Gasteiger partial charge in [-0.05, 0) is 42.7 Å². The van der Waals surface area contributed by atoms with Gasteiger partial charge in [0.2, 0.25) is 0 Å². The summed E-state index contributed by atoms with van der Waals surface area (Å²) in [6.07, 6.45) is 0. The van der Waals surface area contributed by atoms with E-state index in [9.17, 15) is 5.11 Å². The number of aryl methyl sites for hydroxylation is 2. The van der Waals surface area contributed by atoms with Crippen LogP contribution in [0.5, 0.6) is 11.5 Å². The van der Waals surface area contributed by atoms with E-state index >= 15 is 0 Å². The summed E-state index contributed by atoms with van der Waals surface area (Å²) in [4.78, 5) is 0. The van der Waals surface area contributed by atoms with Gasteiger partial charge in [-0.25, -0.2) is 0 Å². The molecule has 1 N–H and O–H groups in total. The van der Waals surface area contributed by atoms with E-state index in [0.717, 1.165) is 22.4 Å². The molecule has 0 amide bonds. The summed E-state index contributed by atoms with van der Waals surface area (Å²) in [5.41, 5.74) is 3.33. The van der Waals surface area contributed by atoms with Gasteiger partial charge in [-0.1, -0.05) is 30.3 Å². The van der Waals surface area contributed by atoms with Gasteiger partial charge in [-0.3, -0.25) is 0 Å². The molecule has 2 aromatic carbocycles. The second-order valence-corrected chi connectivity index (χ2v) is 4.18. The molecule has 2 heteroatoms. The molecule has 0 unspecified atom stereocenters. The fourth-order valence-electron chi connectivity index (χ4n) is 1.77. The maximum atomic E-state index is 9.19. The van der Waals surface area contributed by atoms with Crippen molar-refractivity contribution in [1.82, 2.24) is 0 Å². The van der Waals surface area contributed by atoms with Gasteiger partial charge in [0.25, 0.3) is 0 Å². The lowest BCUT2D eigenvalue weighted by Gasteiger charge is -2.11. The molecule has 0 radical (unpaired) electrons. The highest BCUT2D eigenvalue weighted by Gasteiger charge is 2.03. The van der Waals surface area contributed by atoms with E-state index in [0.29, 0.717) is 6.61 Å². The second kappa shape index (κ2) is 4.91. The smallest absolute Gasteiger partial charge is 0.125 e. The van der Waals surface area contributed by atoms with Crippen LogP contribution < -0.4 is 4.74 Å². The average molecular weight is 228 g/mol. The molecular weight excluding hydrogens is 212 g/mol. The first kappa shape index (κ1) is 11.5. The first-order chi connectivity index (χ1) is 8.16. The lowest BCUT2D eigenvalue weighted by atomic mass is 10.1. The molecule has 88 valence electrons. The molecule has 0 fully saturated rings. The van der Waals surface area contributed by atoms with Crippen LogP contribution in [-0.4, -0.2) is 5.11 Å². The zero-order valence-electron chi connectivity index (χ0n) is 10.1. The van der Waals surface area contributed by atoms with Crippen LogP contribution in [0.3, 0.4) is 0 Å². The number of hydrogen-bond acceptors (Lipinski definition) is 2. The largest absolute Gasteiger partial charge is 0.508 e. The third kappa shape index (κ3) is 2.78. The summed E-state index contributed by atoms with van der Waals surface area (Å²) in [5.74, 6) is 1.22. The number of ether oxygens (including phenoxy) is 1. The highest BCUT2D eigenvalue weighted by atomic mass is 16.5. The van der Waals surface area contributed by atoms with Crippen LogP contribution >= 0.6 is 0 Å². The van der Waals surface area contributed by atoms with Gasteiger partial charge in [0.05, 0.1) is 0 Å². The van der Waals surface area contributed by atoms with Crippen molar-refractivity contribution in [3.8, 4) is 11.5 Å². The van der Waals surface area contributed by atoms with Crippen molar-refractivity contribution in [2.75, 3.05) is 0 Å². The minimum Gasteiger partial charge on any atom is -0.508 e. The van der Waals surface area contributed by atoms with Crippen molar-refractivity contribution in [1.29, 1.82) is 0 Å². The van der Waals surface area contributed by atoms with Gasteiger partial charge in [0.15, 0.2) is 0 Å². The Morgan fingerprint density at radius 2 is 1.53 bits per heavy atom. The Morgan fingerprint density at radius 3 is 2.12 bits per heavy atom. The Labute approximate surface area is 101 Å². The SMILES string of the molecule is Cc1cccc(C)c1OCc1ccc(O)cc1. The number of aromatic hydroxyl groups is 1. The summed E-state index contributed by atoms with van der Waals surface area (Å²) in [7, 11) is 0. The molecule has 0 atom stereocenters. The maximum Gasteiger partial charge on any atom is 0.125 e. The summed E-state index contributed by atoms with van der Waals surface area (Å²) in [6, 6.07) is 13.2. The topological polar surface area (TPSA) is 29.5 Å². The normalized spacial score (nSPS) is 10.2. The number of phenolic OH excluding ortho intramolecular Hbond substituents is 1. The van der Waals surface area contributed by atoms with Crippen LogP contribution in [-0.2, 0) is 6.61 Å². The minimum absolute atomic E-state index is 0.279. The predicted octanol–water partition coefficient (Wildman–Crippen LogP) is 3.59. The molecule has 0 spiro atoms. The van der Waals surface area contributed by atoms with E-state index in [1.165, 1.54) is 0 Å². The molecule has 2 nitrogen and oxygen atoms in total. The molecule has 17 heavy (non-hydrogen) atoms. The summed E-state index contributed by atoms with van der Waals surface area (Å²) < 4.78 is 5.81. The van der Waals surface area contributed by atoms with Gasteiger partial charge in [0, 0.05) is 0 Å². The van der Waals surface area contributed by atoms with Gasteiger partial charge >= 0.3 is 0 Å². The van der Waals surface area contributed by atoms with E-state index < -0.39 is 0 Å². The Balaban J connectivity index is 2.10. The van der Waals surface area contributed by atoms with E-state index in [-0.39, 0.29) is 5.75 Å². The Bertz CT molecular complexity index is 481. The lowest BCUT2D eigenvalue weighted by molar-refractivity contribution is 0.302. The number of para-hydroxylation sites is 1. The molecule has 2 aromatic rings. The quantitative estimate of drug-likeness (QED) is 0.870. The third-order valence-electron chi connectivity index (χ3n) is 2.73. The molecule has 0 aromatic heterocycles. The van der Waals surface area contributed by atoms with Crippen molar-refractivity contribution in [3.63, 3.8) is 0 Å². The van der Waals surface area contributed by atoms with Crippen LogP contribution in [0.1, 0.15) is 16.7 Å². The number of rotatable bonds is 3. The van der Waals surface area contributed by atoms with E-state index in [1.54, 1.807) is 12.1 Å². The van der Waals surface area contributed by atoms with Crippen LogP contribution in [0.25, 0.3) is 0 Å². The molecule has 2 rings (SSSR count). The number of hydrogen-bond donors (Lipinski definition) is 1. The standard InChI is InChI=1S/C15H16O2/c1-11-4-3-5-12(2)15(11)17-10-13-6-8-14(16)9-7-13/h3-9,16H,10H2,1-2H3. The Kier molecular flexibility index (Phi) is 3.33. The monoisotopic (exact) mass is 228 g/mol. The predicted molar refractivity (Wildman–Crippen MR) is 68.4 cm³/mol. The molecule has 0 heterocycles. The van der Waals surface area contributed by atoms with E-state index in [2.05, 4.69) is 0 Å². The van der Waals surface area contributed by atoms with Gasteiger partial charge in [-0.2, -0.15) is 0 Å². The molecular formula is C15H16O2. The molecule has 0 saturated carbocycles. The first-order valence-corrected chi connectivity index (χ1v) is 5.64. The van der Waals surface area contributed by atoms with E-state index in [1.807, 2.05) is 44.2 Å². The van der Waals surface area contributed by atoms with Crippen LogP contribution in [0.4, 0.5) is 0 Å². The molecule has 0 bridgehead atoms. The average Bonchev–Trinajstić information content (AvgIpc) is 2.31. The maximum absolute atomic E-state index is 9.19. The fraction of sp³-hybridized carbons (Fsp3) is 0.200. The van der Waals surface area contributed by atoms with Gasteiger partial charge < -0.3 is 9.84 Å². The van der Waals surface area contributed by atoms with Gasteiger partial charge in [0.1, 0.15) is 18.1 Å². The Hall–Kier alpha value is -1.96. The summed E-state index contributed by atoms with van der Waals surface area (Å²) >= 11 is 0. The van der Waals surface area contributed by atoms with Crippen LogP contribution in [0, 0.1) is 13.8 Å². The summed E-state index contributed by atoms with van der Waals surface area (Å²) in [6.45, 7) is 4.60. The highest BCUT2D eigenvalue weighted by Crippen LogP contribution is 2.23. The minimum atomic E-state index is 0.279. The highest BCUT2D eigenvalue weighted by molar-refractivity contribution is 5.40. The van der Waals surface area contributed by atoms with Crippen molar-refractivity contribution < 1.29 is 9.84 Å². The molecule has 0 aliphatic carbocycles. The Morgan fingerprint density at radius 1 is 0.941 bits per heavy atom. The lowest BCUT2D eigenvalue weighted by Crippen LogP contribution is -1.98. The van der Waals surface area contributed by atoms with Crippen molar-refractivity contribution >= 4 is 0 Å². The third-order valence-corrected chi connectivity index (χ3v) is 2.73. The summed E-state index contributed by atoms with van der Waals surface area (Å²) in [5, 5.41) is 9.19. The molecule has 0 saturated heterocycles. The van der Waals surface area contributed by atoms with Crippen molar-refractivity contribution in [3.05, 3.63) is 59.2 Å². The fourth-order valence-corrected chi connectivity index (χ4v) is 1.77. The zero-order valence-corrected chi connectivity index (χ0v) is 10.1. The van der Waals surface area contributed by atoms with E-state index in [4.69, 9.17) is 4.74 Å². The second-order valence-electron chi connectivity index (χ2n) is 4.18.